The molecule has 174 valence electrons. The van der Waals surface area contributed by atoms with Gasteiger partial charge in [-0.3, -0.25) is 9.59 Å². The van der Waals surface area contributed by atoms with Gasteiger partial charge in [0.2, 0.25) is 11.5 Å². The van der Waals surface area contributed by atoms with Crippen molar-refractivity contribution >= 4 is 17.6 Å². The second-order valence-corrected chi connectivity index (χ2v) is 7.59. The third-order valence-electron chi connectivity index (χ3n) is 5.39. The summed E-state index contributed by atoms with van der Waals surface area (Å²) in [6, 6.07) is 15.7. The number of benzene rings is 3. The van der Waals surface area contributed by atoms with Crippen molar-refractivity contribution in [3.8, 4) is 28.7 Å². The van der Waals surface area contributed by atoms with E-state index >= 15 is 0 Å². The highest BCUT2D eigenvalue weighted by atomic mass is 16.5. The van der Waals surface area contributed by atoms with Crippen LogP contribution in [0.15, 0.2) is 60.4 Å². The van der Waals surface area contributed by atoms with Crippen LogP contribution in [0.25, 0.3) is 6.08 Å². The Kier molecular flexibility index (Phi) is 6.54. The summed E-state index contributed by atoms with van der Waals surface area (Å²) < 4.78 is 27.7. The molecular weight excluding hydrogens is 436 g/mol. The van der Waals surface area contributed by atoms with Crippen LogP contribution in [-0.2, 0) is 0 Å². The van der Waals surface area contributed by atoms with Crippen LogP contribution in [0.2, 0.25) is 0 Å². The van der Waals surface area contributed by atoms with Gasteiger partial charge in [-0.1, -0.05) is 30.3 Å². The Hall–Kier alpha value is -4.26. The number of ketones is 2. The first kappa shape index (κ1) is 22.9. The smallest absolute Gasteiger partial charge is 0.232 e. The van der Waals surface area contributed by atoms with Gasteiger partial charge in [0.05, 0.1) is 26.9 Å². The first-order valence-corrected chi connectivity index (χ1v) is 10.5. The second kappa shape index (κ2) is 9.70. The number of allylic oxidation sites excluding steroid dienone is 1. The lowest BCUT2D eigenvalue weighted by atomic mass is 10.0. The van der Waals surface area contributed by atoms with E-state index in [4.69, 9.17) is 23.7 Å². The van der Waals surface area contributed by atoms with Gasteiger partial charge in [0.15, 0.2) is 29.6 Å². The Morgan fingerprint density at radius 1 is 0.941 bits per heavy atom. The van der Waals surface area contributed by atoms with Crippen molar-refractivity contribution in [2.75, 3.05) is 27.9 Å². The zero-order chi connectivity index (χ0) is 24.2. The number of ether oxygens (including phenoxy) is 5. The summed E-state index contributed by atoms with van der Waals surface area (Å²) in [7, 11) is 4.57. The van der Waals surface area contributed by atoms with Gasteiger partial charge in [0.1, 0.15) is 11.5 Å². The molecule has 0 spiro atoms. The standard InChI is InChI=1S/C27H24O7/c1-16-10-19(33-15-20(28)18-8-6-5-7-9-18)14-21-25(16)26(29)22(34-21)11-17-12-23(30-2)27(32-4)24(13-17)31-3/h5-14H,15H2,1-4H3/b22-11-. The Morgan fingerprint density at radius 3 is 2.24 bits per heavy atom. The predicted octanol–water partition coefficient (Wildman–Crippen LogP) is 4.90. The van der Waals surface area contributed by atoms with E-state index in [9.17, 15) is 9.59 Å². The molecule has 1 aliphatic rings. The minimum Gasteiger partial charge on any atom is -0.493 e. The molecule has 4 rings (SSSR count). The van der Waals surface area contributed by atoms with Crippen molar-refractivity contribution < 1.29 is 33.3 Å². The number of hydrogen-bond donors (Lipinski definition) is 0. The van der Waals surface area contributed by atoms with Crippen molar-refractivity contribution in [2.45, 2.75) is 6.92 Å². The Morgan fingerprint density at radius 2 is 1.62 bits per heavy atom. The monoisotopic (exact) mass is 460 g/mol. The number of hydrogen-bond acceptors (Lipinski definition) is 7. The predicted molar refractivity (Wildman–Crippen MR) is 126 cm³/mol. The molecule has 7 heteroatoms. The van der Waals surface area contributed by atoms with Gasteiger partial charge in [0, 0.05) is 11.6 Å². The van der Waals surface area contributed by atoms with Crippen LogP contribution in [-0.4, -0.2) is 39.5 Å². The Labute approximate surface area is 197 Å². The summed E-state index contributed by atoms with van der Waals surface area (Å²) >= 11 is 0. The van der Waals surface area contributed by atoms with Crippen LogP contribution in [0, 0.1) is 6.92 Å². The number of carbonyl (C=O) groups excluding carboxylic acids is 2. The van der Waals surface area contributed by atoms with Crippen LogP contribution in [0.5, 0.6) is 28.7 Å². The van der Waals surface area contributed by atoms with Gasteiger partial charge in [-0.2, -0.15) is 0 Å². The molecule has 0 atom stereocenters. The third kappa shape index (κ3) is 4.45. The summed E-state index contributed by atoms with van der Waals surface area (Å²) in [5.74, 6) is 1.99. The normalized spacial score (nSPS) is 13.3. The number of Topliss-reactive ketones (excluding diaryl/α,β-unsaturated/α-hetero) is 2. The molecule has 0 unspecified atom stereocenters. The molecule has 3 aromatic carbocycles. The fourth-order valence-corrected chi connectivity index (χ4v) is 3.75. The molecule has 34 heavy (non-hydrogen) atoms. The van der Waals surface area contributed by atoms with Gasteiger partial charge in [0.25, 0.3) is 0 Å². The van der Waals surface area contributed by atoms with E-state index in [1.165, 1.54) is 21.3 Å². The highest BCUT2D eigenvalue weighted by Crippen LogP contribution is 2.41. The van der Waals surface area contributed by atoms with Crippen molar-refractivity contribution in [1.29, 1.82) is 0 Å². The van der Waals surface area contributed by atoms with Gasteiger partial charge in [-0.25, -0.2) is 0 Å². The maximum atomic E-state index is 13.0. The molecule has 3 aromatic rings. The minimum absolute atomic E-state index is 0.121. The number of rotatable bonds is 8. The lowest BCUT2D eigenvalue weighted by Crippen LogP contribution is -2.11. The summed E-state index contributed by atoms with van der Waals surface area (Å²) in [5.41, 5.74) is 2.37. The average Bonchev–Trinajstić information content (AvgIpc) is 3.17. The van der Waals surface area contributed by atoms with E-state index in [2.05, 4.69) is 0 Å². The topological polar surface area (TPSA) is 80.3 Å². The van der Waals surface area contributed by atoms with E-state index in [1.807, 2.05) is 6.07 Å². The number of fused-ring (bicyclic) bond motifs is 1. The van der Waals surface area contributed by atoms with Crippen molar-refractivity contribution in [3.63, 3.8) is 0 Å². The van der Waals surface area contributed by atoms with E-state index in [0.29, 0.717) is 51.0 Å². The van der Waals surface area contributed by atoms with Crippen LogP contribution >= 0.6 is 0 Å². The molecule has 0 saturated carbocycles. The summed E-state index contributed by atoms with van der Waals surface area (Å²) in [5, 5.41) is 0. The molecule has 0 saturated heterocycles. The third-order valence-corrected chi connectivity index (χ3v) is 5.39. The zero-order valence-corrected chi connectivity index (χ0v) is 19.3. The van der Waals surface area contributed by atoms with Crippen LogP contribution in [0.1, 0.15) is 31.8 Å². The average molecular weight is 460 g/mol. The minimum atomic E-state index is -0.242. The van der Waals surface area contributed by atoms with E-state index in [1.54, 1.807) is 61.5 Å². The quantitative estimate of drug-likeness (QED) is 0.349. The lowest BCUT2D eigenvalue weighted by molar-refractivity contribution is 0.0920. The van der Waals surface area contributed by atoms with Crippen molar-refractivity contribution in [1.82, 2.24) is 0 Å². The first-order chi connectivity index (χ1) is 16.4. The maximum Gasteiger partial charge on any atom is 0.232 e. The van der Waals surface area contributed by atoms with E-state index in [-0.39, 0.29) is 23.9 Å². The molecular formula is C27H24O7. The molecule has 0 aliphatic carbocycles. The summed E-state index contributed by atoms with van der Waals surface area (Å²) in [4.78, 5) is 25.4. The molecule has 1 heterocycles. The molecule has 0 bridgehead atoms. The van der Waals surface area contributed by atoms with Gasteiger partial charge < -0.3 is 23.7 Å². The SMILES string of the molecule is COc1cc(/C=C2\Oc3cc(OCC(=O)c4ccccc4)cc(C)c3C2=O)cc(OC)c1OC. The summed E-state index contributed by atoms with van der Waals surface area (Å²) in [6.45, 7) is 1.68. The largest absolute Gasteiger partial charge is 0.493 e. The highest BCUT2D eigenvalue weighted by Gasteiger charge is 2.30. The van der Waals surface area contributed by atoms with Gasteiger partial charge in [-0.05, 0) is 42.3 Å². The maximum absolute atomic E-state index is 13.0. The molecule has 7 nitrogen and oxygen atoms in total. The molecule has 0 fully saturated rings. The van der Waals surface area contributed by atoms with Crippen molar-refractivity contribution in [3.05, 3.63) is 82.6 Å². The first-order valence-electron chi connectivity index (χ1n) is 10.5. The van der Waals surface area contributed by atoms with E-state index in [0.717, 1.165) is 0 Å². The molecule has 0 amide bonds. The number of methoxy groups -OCH3 is 3. The van der Waals surface area contributed by atoms with Gasteiger partial charge >= 0.3 is 0 Å². The van der Waals surface area contributed by atoms with Gasteiger partial charge in [-0.15, -0.1) is 0 Å². The second-order valence-electron chi connectivity index (χ2n) is 7.59. The van der Waals surface area contributed by atoms with Crippen LogP contribution < -0.4 is 23.7 Å². The highest BCUT2D eigenvalue weighted by molar-refractivity contribution is 6.15. The lowest BCUT2D eigenvalue weighted by Gasteiger charge is -2.13. The van der Waals surface area contributed by atoms with Crippen LogP contribution in [0.4, 0.5) is 0 Å². The number of aryl methyl sites for hydroxylation is 1. The molecule has 1 aliphatic heterocycles. The Balaban J connectivity index is 1.58. The zero-order valence-electron chi connectivity index (χ0n) is 19.3. The molecule has 0 aromatic heterocycles. The molecule has 0 N–H and O–H groups in total. The molecule has 0 radical (unpaired) electrons. The summed E-state index contributed by atoms with van der Waals surface area (Å²) in [6.07, 6.45) is 1.62. The fraction of sp³-hybridized carbons (Fsp3) is 0.185. The van der Waals surface area contributed by atoms with Crippen molar-refractivity contribution in [2.24, 2.45) is 0 Å². The van der Waals surface area contributed by atoms with E-state index < -0.39 is 0 Å². The van der Waals surface area contributed by atoms with Crippen LogP contribution in [0.3, 0.4) is 0 Å². The fourth-order valence-electron chi connectivity index (χ4n) is 3.75. The Bertz CT molecular complexity index is 1250. The number of carbonyl (C=O) groups is 2.